The highest BCUT2D eigenvalue weighted by atomic mass is 16.5. The minimum atomic E-state index is -1.62. The third kappa shape index (κ3) is 6.29. The van der Waals surface area contributed by atoms with Gasteiger partial charge in [0.05, 0.1) is 12.3 Å². The molecule has 1 heterocycles. The van der Waals surface area contributed by atoms with Crippen LogP contribution in [-0.4, -0.2) is 29.3 Å². The average Bonchev–Trinajstić information content (AvgIpc) is 3.27. The van der Waals surface area contributed by atoms with Gasteiger partial charge >= 0.3 is 0 Å². The third-order valence-electron chi connectivity index (χ3n) is 5.52. The molecular weight excluding hydrogens is 458 g/mol. The number of aryl methyl sites for hydroxylation is 1. The number of nitrogens with zero attached hydrogens (tertiary/aromatic N) is 2. The fourth-order valence-corrected chi connectivity index (χ4v) is 3.62. The number of ketones is 1. The highest BCUT2D eigenvalue weighted by Crippen LogP contribution is 2.22. The lowest BCUT2D eigenvalue weighted by Crippen LogP contribution is -2.34. The molecule has 1 atom stereocenters. The summed E-state index contributed by atoms with van der Waals surface area (Å²) >= 11 is 0. The Hall–Kier alpha value is -4.59. The van der Waals surface area contributed by atoms with Crippen molar-refractivity contribution in [1.29, 1.82) is 0 Å². The number of aromatic nitrogens is 1. The van der Waals surface area contributed by atoms with Crippen LogP contribution in [0.1, 0.15) is 17.0 Å². The van der Waals surface area contributed by atoms with Crippen molar-refractivity contribution in [3.05, 3.63) is 107 Å². The first-order valence-corrected chi connectivity index (χ1v) is 11.5. The van der Waals surface area contributed by atoms with E-state index >= 15 is 0 Å². The van der Waals surface area contributed by atoms with Crippen molar-refractivity contribution < 1.29 is 18.7 Å². The molecule has 182 valence electrons. The number of Topliss-reactive ketones (excluding diaryl/α,β-unsaturated/α-hetero) is 1. The summed E-state index contributed by atoms with van der Waals surface area (Å²) < 4.78 is 11.6. The molecule has 0 aliphatic carbocycles. The lowest BCUT2D eigenvalue weighted by atomic mass is 10.0. The van der Waals surface area contributed by atoms with E-state index in [4.69, 9.17) is 9.15 Å². The summed E-state index contributed by atoms with van der Waals surface area (Å²) in [6.07, 6.45) is 0.477. The average molecular weight is 484 g/mol. The fraction of sp³-hybridized carbons (Fsp3) is 0.179. The Kier molecular flexibility index (Phi) is 7.97. The fourth-order valence-electron chi connectivity index (χ4n) is 3.62. The van der Waals surface area contributed by atoms with E-state index in [1.807, 2.05) is 37.3 Å². The molecule has 0 saturated carbocycles. The topological polar surface area (TPSA) is 111 Å². The number of oxazole rings is 1. The van der Waals surface area contributed by atoms with Gasteiger partial charge in [-0.25, -0.2) is 4.98 Å². The Labute approximate surface area is 208 Å². The van der Waals surface area contributed by atoms with Gasteiger partial charge in [0.2, 0.25) is 11.9 Å². The molecule has 4 aromatic rings. The van der Waals surface area contributed by atoms with E-state index in [0.717, 1.165) is 17.0 Å². The summed E-state index contributed by atoms with van der Waals surface area (Å²) in [5, 5.41) is 5.28. The van der Waals surface area contributed by atoms with Gasteiger partial charge < -0.3 is 14.5 Å². The third-order valence-corrected chi connectivity index (χ3v) is 5.52. The molecule has 1 amide bonds. The molecule has 0 spiro atoms. The maximum absolute atomic E-state index is 12.5. The molecule has 0 aliphatic heterocycles. The van der Waals surface area contributed by atoms with Crippen LogP contribution in [0.15, 0.2) is 94.5 Å². The number of amides is 1. The molecule has 1 N–H and O–H groups in total. The Morgan fingerprint density at radius 3 is 2.31 bits per heavy atom. The molecule has 0 saturated heterocycles. The summed E-state index contributed by atoms with van der Waals surface area (Å²) in [5.41, 5.74) is 2.88. The minimum Gasteiger partial charge on any atom is -0.493 e. The second kappa shape index (κ2) is 11.7. The Bertz CT molecular complexity index is 1320. The zero-order valence-electron chi connectivity index (χ0n) is 19.7. The second-order valence-electron chi connectivity index (χ2n) is 8.14. The van der Waals surface area contributed by atoms with Crippen LogP contribution < -0.4 is 10.1 Å². The Morgan fingerprint density at radius 2 is 1.64 bits per heavy atom. The van der Waals surface area contributed by atoms with Crippen molar-refractivity contribution in [2.24, 2.45) is 5.18 Å². The number of carbonyl (C=O) groups excluding carboxylic acids is 2. The molecule has 8 heteroatoms. The van der Waals surface area contributed by atoms with Gasteiger partial charge in [-0.2, -0.15) is 0 Å². The van der Waals surface area contributed by atoms with E-state index in [1.54, 1.807) is 54.6 Å². The van der Waals surface area contributed by atoms with Crippen molar-refractivity contribution in [2.75, 3.05) is 11.9 Å². The lowest BCUT2D eigenvalue weighted by Gasteiger charge is -2.10. The van der Waals surface area contributed by atoms with Gasteiger partial charge in [-0.3, -0.25) is 9.59 Å². The molecular formula is C28H25N3O5. The van der Waals surface area contributed by atoms with Gasteiger partial charge in [0.1, 0.15) is 11.5 Å². The SMILES string of the molecule is Cc1oc(-c2ccccc2)nc1CCOc1ccc(CC(=O)C(N=O)C(=O)Nc2ccccc2)cc1. The molecule has 0 bridgehead atoms. The zero-order chi connectivity index (χ0) is 25.3. The molecule has 0 fully saturated rings. The van der Waals surface area contributed by atoms with Gasteiger partial charge in [0.25, 0.3) is 5.91 Å². The molecule has 0 radical (unpaired) electrons. The van der Waals surface area contributed by atoms with Gasteiger partial charge in [-0.05, 0) is 54.1 Å². The normalized spacial score (nSPS) is 11.5. The number of anilines is 1. The summed E-state index contributed by atoms with van der Waals surface area (Å²) in [4.78, 5) is 40.6. The van der Waals surface area contributed by atoms with Crippen LogP contribution in [0, 0.1) is 11.8 Å². The van der Waals surface area contributed by atoms with Gasteiger partial charge in [0, 0.05) is 24.1 Å². The van der Waals surface area contributed by atoms with Crippen molar-refractivity contribution in [3.8, 4) is 17.2 Å². The Balaban J connectivity index is 1.28. The largest absolute Gasteiger partial charge is 0.493 e. The Morgan fingerprint density at radius 1 is 0.972 bits per heavy atom. The number of nitroso groups, excluding NO2 is 1. The number of hydrogen-bond donors (Lipinski definition) is 1. The van der Waals surface area contributed by atoms with E-state index in [2.05, 4.69) is 15.5 Å². The lowest BCUT2D eigenvalue weighted by molar-refractivity contribution is -0.126. The highest BCUT2D eigenvalue weighted by molar-refractivity contribution is 6.11. The van der Waals surface area contributed by atoms with E-state index in [1.165, 1.54) is 0 Å². The maximum atomic E-state index is 12.5. The first-order chi connectivity index (χ1) is 17.5. The number of benzene rings is 3. The number of rotatable bonds is 11. The van der Waals surface area contributed by atoms with Crippen molar-refractivity contribution in [1.82, 2.24) is 4.98 Å². The molecule has 3 aromatic carbocycles. The summed E-state index contributed by atoms with van der Waals surface area (Å²) in [6, 6.07) is 23.6. The van der Waals surface area contributed by atoms with E-state index in [0.29, 0.717) is 35.9 Å². The number of carbonyl (C=O) groups is 2. The summed E-state index contributed by atoms with van der Waals surface area (Å²) in [5.74, 6) is 0.628. The minimum absolute atomic E-state index is 0.0979. The molecule has 1 aromatic heterocycles. The molecule has 4 rings (SSSR count). The van der Waals surface area contributed by atoms with Crippen LogP contribution >= 0.6 is 0 Å². The highest BCUT2D eigenvalue weighted by Gasteiger charge is 2.27. The first kappa shape index (κ1) is 24.5. The predicted octanol–water partition coefficient (Wildman–Crippen LogP) is 5.16. The maximum Gasteiger partial charge on any atom is 0.260 e. The van der Waals surface area contributed by atoms with Crippen molar-refractivity contribution >= 4 is 17.4 Å². The molecule has 36 heavy (non-hydrogen) atoms. The zero-order valence-corrected chi connectivity index (χ0v) is 19.7. The van der Waals surface area contributed by atoms with Crippen LogP contribution in [0.25, 0.3) is 11.5 Å². The summed E-state index contributed by atoms with van der Waals surface area (Å²) in [7, 11) is 0. The molecule has 8 nitrogen and oxygen atoms in total. The second-order valence-corrected chi connectivity index (χ2v) is 8.14. The smallest absolute Gasteiger partial charge is 0.260 e. The molecule has 0 aliphatic rings. The van der Waals surface area contributed by atoms with Crippen LogP contribution in [0.4, 0.5) is 5.69 Å². The standard InChI is InChI=1S/C28H25N3O5/c1-19-24(30-28(36-19)21-8-4-2-5-9-21)16-17-35-23-14-12-20(13-15-23)18-25(32)26(31-34)27(33)29-22-10-6-3-7-11-22/h2-15,26H,16-18H2,1H3,(H,29,33). The monoisotopic (exact) mass is 483 g/mol. The molecule has 1 unspecified atom stereocenters. The van der Waals surface area contributed by atoms with Crippen LogP contribution in [0.5, 0.6) is 5.75 Å². The number of para-hydroxylation sites is 1. The number of nitrogens with one attached hydrogen (secondary N) is 1. The van der Waals surface area contributed by atoms with Gasteiger partial charge in [-0.1, -0.05) is 48.5 Å². The summed E-state index contributed by atoms with van der Waals surface area (Å²) in [6.45, 7) is 2.28. The quantitative estimate of drug-likeness (QED) is 0.233. The van der Waals surface area contributed by atoms with Gasteiger partial charge in [0.15, 0.2) is 5.78 Å². The van der Waals surface area contributed by atoms with Crippen molar-refractivity contribution in [2.45, 2.75) is 25.8 Å². The predicted molar refractivity (Wildman–Crippen MR) is 136 cm³/mol. The van der Waals surface area contributed by atoms with Gasteiger partial charge in [-0.15, -0.1) is 4.91 Å². The van der Waals surface area contributed by atoms with E-state index in [-0.39, 0.29) is 6.42 Å². The van der Waals surface area contributed by atoms with Crippen LogP contribution in [-0.2, 0) is 22.4 Å². The number of hydrogen-bond acceptors (Lipinski definition) is 7. The first-order valence-electron chi connectivity index (χ1n) is 11.5. The van der Waals surface area contributed by atoms with Crippen LogP contribution in [0.2, 0.25) is 0 Å². The van der Waals surface area contributed by atoms with E-state index < -0.39 is 17.7 Å². The van der Waals surface area contributed by atoms with Crippen molar-refractivity contribution in [3.63, 3.8) is 0 Å². The van der Waals surface area contributed by atoms with Crippen LogP contribution in [0.3, 0.4) is 0 Å². The van der Waals surface area contributed by atoms with E-state index in [9.17, 15) is 14.5 Å². The number of ether oxygens (including phenoxy) is 1.